The molecule has 0 spiro atoms. The van der Waals surface area contributed by atoms with Gasteiger partial charge in [-0.15, -0.1) is 0 Å². The van der Waals surface area contributed by atoms with Crippen molar-refractivity contribution in [1.82, 2.24) is 0 Å². The van der Waals surface area contributed by atoms with Gasteiger partial charge in [-0.1, -0.05) is 66.7 Å². The molecule has 37 heavy (non-hydrogen) atoms. The van der Waals surface area contributed by atoms with Gasteiger partial charge in [0.1, 0.15) is 22.3 Å². The van der Waals surface area contributed by atoms with Crippen LogP contribution < -0.4 is 4.90 Å². The van der Waals surface area contributed by atoms with E-state index in [1.165, 1.54) is 10.8 Å². The number of benzene rings is 6. The number of fused-ring (bicyclic) bond motifs is 8. The Kier molecular flexibility index (Phi) is 4.23. The van der Waals surface area contributed by atoms with E-state index in [-0.39, 0.29) is 0 Å². The largest absolute Gasteiger partial charge is 0.456 e. The first kappa shape index (κ1) is 20.2. The maximum Gasteiger partial charge on any atom is 0.137 e. The van der Waals surface area contributed by atoms with Crippen molar-refractivity contribution in [3.8, 4) is 0 Å². The van der Waals surface area contributed by atoms with Crippen LogP contribution in [0.1, 0.15) is 0 Å². The van der Waals surface area contributed by atoms with Crippen LogP contribution in [0, 0.1) is 0 Å². The van der Waals surface area contributed by atoms with E-state index in [1.54, 1.807) is 0 Å². The summed E-state index contributed by atoms with van der Waals surface area (Å²) in [5, 5.41) is 6.92. The number of nitrogens with zero attached hydrogens (tertiary/aromatic N) is 1. The number of rotatable bonds is 3. The number of anilines is 3. The molecule has 0 aliphatic heterocycles. The van der Waals surface area contributed by atoms with E-state index in [4.69, 9.17) is 8.83 Å². The van der Waals surface area contributed by atoms with E-state index >= 15 is 0 Å². The zero-order valence-corrected chi connectivity index (χ0v) is 19.9. The third kappa shape index (κ3) is 3.08. The van der Waals surface area contributed by atoms with E-state index in [2.05, 4.69) is 114 Å². The van der Waals surface area contributed by atoms with Gasteiger partial charge >= 0.3 is 0 Å². The van der Waals surface area contributed by atoms with Gasteiger partial charge in [0.2, 0.25) is 0 Å². The molecule has 2 heterocycles. The van der Waals surface area contributed by atoms with Crippen molar-refractivity contribution in [1.29, 1.82) is 0 Å². The minimum atomic E-state index is 0.875. The lowest BCUT2D eigenvalue weighted by molar-refractivity contribution is 0.668. The average molecular weight is 476 g/mol. The predicted octanol–water partition coefficient (Wildman–Crippen LogP) is 10.1. The molecule has 3 heteroatoms. The number of para-hydroxylation sites is 2. The smallest absolute Gasteiger partial charge is 0.137 e. The van der Waals surface area contributed by atoms with Crippen LogP contribution in [0.4, 0.5) is 17.1 Å². The first-order valence-electron chi connectivity index (χ1n) is 12.4. The second kappa shape index (κ2) is 7.74. The molecule has 0 saturated heterocycles. The lowest BCUT2D eigenvalue weighted by atomic mass is 10.0. The van der Waals surface area contributed by atoms with E-state index in [1.807, 2.05) is 18.2 Å². The molecule has 0 radical (unpaired) electrons. The van der Waals surface area contributed by atoms with Crippen molar-refractivity contribution in [3.63, 3.8) is 0 Å². The van der Waals surface area contributed by atoms with Gasteiger partial charge in [0.15, 0.2) is 0 Å². The standard InChI is InChI=1S/C34H21NO2/c1-2-9-23(10-3-1)35(25-15-17-28-27-12-6-7-13-30(27)37-33(28)21-25)24-16-19-31-29(20-24)34-26-11-5-4-8-22(26)14-18-32(34)36-31/h1-21H. The Morgan fingerprint density at radius 2 is 1.03 bits per heavy atom. The highest BCUT2D eigenvalue weighted by molar-refractivity contribution is 6.19. The molecule has 3 nitrogen and oxygen atoms in total. The minimum absolute atomic E-state index is 0.875. The molecule has 6 aromatic carbocycles. The molecule has 0 bridgehead atoms. The van der Waals surface area contributed by atoms with Gasteiger partial charge in [0.25, 0.3) is 0 Å². The highest BCUT2D eigenvalue weighted by Crippen LogP contribution is 2.41. The Labute approximate surface area is 212 Å². The molecule has 0 aliphatic rings. The second-order valence-electron chi connectivity index (χ2n) is 9.39. The molecular formula is C34H21NO2. The zero-order valence-electron chi connectivity index (χ0n) is 19.9. The molecule has 0 atom stereocenters. The Balaban J connectivity index is 1.38. The molecular weight excluding hydrogens is 454 g/mol. The third-order valence-corrected chi connectivity index (χ3v) is 7.24. The van der Waals surface area contributed by atoms with Crippen LogP contribution in [0.15, 0.2) is 136 Å². The number of furan rings is 2. The van der Waals surface area contributed by atoms with E-state index in [0.717, 1.165) is 60.9 Å². The summed E-state index contributed by atoms with van der Waals surface area (Å²) < 4.78 is 12.5. The van der Waals surface area contributed by atoms with E-state index < -0.39 is 0 Å². The van der Waals surface area contributed by atoms with Gasteiger partial charge in [0.05, 0.1) is 0 Å². The Bertz CT molecular complexity index is 2100. The summed E-state index contributed by atoms with van der Waals surface area (Å²) in [5.74, 6) is 0. The van der Waals surface area contributed by atoms with E-state index in [9.17, 15) is 0 Å². The van der Waals surface area contributed by atoms with Crippen LogP contribution in [0.5, 0.6) is 0 Å². The first-order valence-corrected chi connectivity index (χ1v) is 12.4. The molecule has 0 fully saturated rings. The summed E-state index contributed by atoms with van der Waals surface area (Å²) in [5.41, 5.74) is 6.74. The lowest BCUT2D eigenvalue weighted by Crippen LogP contribution is -2.09. The van der Waals surface area contributed by atoms with Gasteiger partial charge in [-0.3, -0.25) is 0 Å². The SMILES string of the molecule is c1ccc(N(c2ccc3c(c2)oc2ccccc23)c2ccc3oc4ccc5ccccc5c4c3c2)cc1. The van der Waals surface area contributed by atoms with Crippen molar-refractivity contribution in [2.24, 2.45) is 0 Å². The van der Waals surface area contributed by atoms with Crippen LogP contribution >= 0.6 is 0 Å². The molecule has 0 aliphatic carbocycles. The molecule has 8 aromatic rings. The van der Waals surface area contributed by atoms with Crippen LogP contribution in [0.25, 0.3) is 54.6 Å². The van der Waals surface area contributed by atoms with Crippen LogP contribution in [0.2, 0.25) is 0 Å². The van der Waals surface area contributed by atoms with Gasteiger partial charge < -0.3 is 13.7 Å². The fraction of sp³-hybridized carbons (Fsp3) is 0. The van der Waals surface area contributed by atoms with Gasteiger partial charge in [-0.25, -0.2) is 0 Å². The molecule has 8 rings (SSSR count). The Morgan fingerprint density at radius 1 is 0.378 bits per heavy atom. The summed E-state index contributed by atoms with van der Waals surface area (Å²) in [6, 6.07) is 44.2. The minimum Gasteiger partial charge on any atom is -0.456 e. The average Bonchev–Trinajstić information content (AvgIpc) is 3.51. The Hall–Kier alpha value is -5.02. The predicted molar refractivity (Wildman–Crippen MR) is 153 cm³/mol. The summed E-state index contributed by atoms with van der Waals surface area (Å²) in [6.45, 7) is 0. The van der Waals surface area contributed by atoms with Crippen LogP contribution in [-0.2, 0) is 0 Å². The van der Waals surface area contributed by atoms with Gasteiger partial charge in [-0.2, -0.15) is 0 Å². The fourth-order valence-corrected chi connectivity index (χ4v) is 5.55. The lowest BCUT2D eigenvalue weighted by Gasteiger charge is -2.25. The maximum atomic E-state index is 6.26. The monoisotopic (exact) mass is 475 g/mol. The fourth-order valence-electron chi connectivity index (χ4n) is 5.55. The van der Waals surface area contributed by atoms with Crippen molar-refractivity contribution in [2.45, 2.75) is 0 Å². The molecule has 0 unspecified atom stereocenters. The van der Waals surface area contributed by atoms with Gasteiger partial charge in [0, 0.05) is 44.7 Å². The third-order valence-electron chi connectivity index (χ3n) is 7.24. The first-order chi connectivity index (χ1) is 18.3. The van der Waals surface area contributed by atoms with Crippen molar-refractivity contribution >= 4 is 71.7 Å². The quantitative estimate of drug-likeness (QED) is 0.255. The Morgan fingerprint density at radius 3 is 1.95 bits per heavy atom. The van der Waals surface area contributed by atoms with Crippen molar-refractivity contribution in [3.05, 3.63) is 127 Å². The second-order valence-corrected chi connectivity index (χ2v) is 9.39. The molecule has 0 saturated carbocycles. The van der Waals surface area contributed by atoms with Gasteiger partial charge in [-0.05, 0) is 65.4 Å². The van der Waals surface area contributed by atoms with Crippen LogP contribution in [-0.4, -0.2) is 0 Å². The summed E-state index contributed by atoms with van der Waals surface area (Å²) in [4.78, 5) is 2.27. The highest BCUT2D eigenvalue weighted by Gasteiger charge is 2.18. The summed E-state index contributed by atoms with van der Waals surface area (Å²) in [6.07, 6.45) is 0. The number of hydrogen-bond donors (Lipinski definition) is 0. The number of hydrogen-bond acceptors (Lipinski definition) is 3. The normalized spacial score (nSPS) is 11.8. The van der Waals surface area contributed by atoms with Crippen molar-refractivity contribution < 1.29 is 8.83 Å². The summed E-state index contributed by atoms with van der Waals surface area (Å²) >= 11 is 0. The van der Waals surface area contributed by atoms with E-state index in [0.29, 0.717) is 0 Å². The maximum absolute atomic E-state index is 6.26. The highest BCUT2D eigenvalue weighted by atomic mass is 16.3. The molecule has 2 aromatic heterocycles. The molecule has 0 amide bonds. The topological polar surface area (TPSA) is 29.5 Å². The van der Waals surface area contributed by atoms with Crippen molar-refractivity contribution in [2.75, 3.05) is 4.90 Å². The molecule has 174 valence electrons. The zero-order chi connectivity index (χ0) is 24.3. The van der Waals surface area contributed by atoms with Crippen LogP contribution in [0.3, 0.4) is 0 Å². The summed E-state index contributed by atoms with van der Waals surface area (Å²) in [7, 11) is 0. The molecule has 0 N–H and O–H groups in total.